The zero-order chi connectivity index (χ0) is 15.2. The molecule has 0 fully saturated rings. The zero-order valence-electron chi connectivity index (χ0n) is 13.6. The number of nitrogens with one attached hydrogen (secondary N) is 1. The summed E-state index contributed by atoms with van der Waals surface area (Å²) in [7, 11) is 4.17. The molecule has 1 N–H and O–H groups in total. The molecule has 2 aromatic rings. The van der Waals surface area contributed by atoms with Gasteiger partial charge in [0.25, 0.3) is 0 Å². The van der Waals surface area contributed by atoms with Crippen molar-refractivity contribution in [2.75, 3.05) is 25.0 Å². The molecule has 4 heteroatoms. The lowest BCUT2D eigenvalue weighted by atomic mass is 10.1. The highest BCUT2D eigenvalue weighted by molar-refractivity contribution is 5.49. The summed E-state index contributed by atoms with van der Waals surface area (Å²) in [6, 6.07) is 10.6. The first kappa shape index (κ1) is 15.6. The number of aromatic nitrogens is 2. The maximum atomic E-state index is 4.57. The van der Waals surface area contributed by atoms with Crippen molar-refractivity contribution in [1.29, 1.82) is 0 Å². The molecule has 1 aromatic carbocycles. The van der Waals surface area contributed by atoms with Gasteiger partial charge >= 0.3 is 0 Å². The Labute approximate surface area is 127 Å². The molecule has 21 heavy (non-hydrogen) atoms. The predicted octanol–water partition coefficient (Wildman–Crippen LogP) is 2.52. The molecule has 0 aliphatic rings. The summed E-state index contributed by atoms with van der Waals surface area (Å²) in [6.07, 6.45) is 1.04. The van der Waals surface area contributed by atoms with Gasteiger partial charge in [-0.1, -0.05) is 37.3 Å². The Hall–Kier alpha value is -1.81. The second-order valence-electron chi connectivity index (χ2n) is 5.45. The van der Waals surface area contributed by atoms with Gasteiger partial charge in [0.2, 0.25) is 0 Å². The molecule has 114 valence electrons. The molecular weight excluding hydrogens is 260 g/mol. The molecule has 0 radical (unpaired) electrons. The number of benzene rings is 1. The smallest absolute Gasteiger partial charge is 0.131 e. The van der Waals surface area contributed by atoms with E-state index in [1.54, 1.807) is 0 Å². The van der Waals surface area contributed by atoms with E-state index < -0.39 is 0 Å². The monoisotopic (exact) mass is 286 g/mol. The molecule has 0 aliphatic heterocycles. The minimum absolute atomic E-state index is 0.876. The van der Waals surface area contributed by atoms with Crippen molar-refractivity contribution >= 4 is 5.82 Å². The van der Waals surface area contributed by atoms with Gasteiger partial charge in [0, 0.05) is 32.7 Å². The topological polar surface area (TPSA) is 33.1 Å². The number of hydrogen-bond acceptors (Lipinski definition) is 3. The molecule has 0 saturated heterocycles. The standard InChI is InChI=1S/C17H26N4/c1-5-18-13-16-14(2)19-21(4)17(16)20(3)12-11-15-9-7-6-8-10-15/h6-10,18H,5,11-13H2,1-4H3. The van der Waals surface area contributed by atoms with Crippen molar-refractivity contribution < 1.29 is 0 Å². The van der Waals surface area contributed by atoms with Crippen LogP contribution in [0.4, 0.5) is 5.82 Å². The van der Waals surface area contributed by atoms with Gasteiger partial charge in [-0.2, -0.15) is 5.10 Å². The van der Waals surface area contributed by atoms with E-state index >= 15 is 0 Å². The Kier molecular flexibility index (Phi) is 5.39. The molecule has 0 unspecified atom stereocenters. The Morgan fingerprint density at radius 1 is 1.24 bits per heavy atom. The lowest BCUT2D eigenvalue weighted by Gasteiger charge is -2.21. The predicted molar refractivity (Wildman–Crippen MR) is 88.7 cm³/mol. The molecule has 4 nitrogen and oxygen atoms in total. The molecule has 0 saturated carbocycles. The van der Waals surface area contributed by atoms with Crippen molar-refractivity contribution in [3.05, 3.63) is 47.2 Å². The van der Waals surface area contributed by atoms with Crippen LogP contribution in [0.15, 0.2) is 30.3 Å². The third-order valence-corrected chi connectivity index (χ3v) is 3.81. The fraction of sp³-hybridized carbons (Fsp3) is 0.471. The Balaban J connectivity index is 2.09. The van der Waals surface area contributed by atoms with Gasteiger partial charge in [-0.15, -0.1) is 0 Å². The highest BCUT2D eigenvalue weighted by Crippen LogP contribution is 2.22. The first-order valence-electron chi connectivity index (χ1n) is 7.61. The van der Waals surface area contributed by atoms with E-state index in [1.165, 1.54) is 16.9 Å². The van der Waals surface area contributed by atoms with Crippen LogP contribution in [0.1, 0.15) is 23.7 Å². The summed E-state index contributed by atoms with van der Waals surface area (Å²) in [5.41, 5.74) is 3.78. The van der Waals surface area contributed by atoms with E-state index in [-0.39, 0.29) is 0 Å². The Morgan fingerprint density at radius 3 is 2.62 bits per heavy atom. The first-order chi connectivity index (χ1) is 10.1. The van der Waals surface area contributed by atoms with Crippen LogP contribution >= 0.6 is 0 Å². The first-order valence-corrected chi connectivity index (χ1v) is 7.61. The Morgan fingerprint density at radius 2 is 1.95 bits per heavy atom. The van der Waals surface area contributed by atoms with Crippen LogP contribution in [0.2, 0.25) is 0 Å². The summed E-state index contributed by atoms with van der Waals surface area (Å²) >= 11 is 0. The normalized spacial score (nSPS) is 10.9. The van der Waals surface area contributed by atoms with Crippen LogP contribution in [0, 0.1) is 6.92 Å². The molecule has 0 bridgehead atoms. The maximum Gasteiger partial charge on any atom is 0.131 e. The second-order valence-corrected chi connectivity index (χ2v) is 5.45. The van der Waals surface area contributed by atoms with E-state index in [2.05, 4.69) is 66.5 Å². The van der Waals surface area contributed by atoms with Gasteiger partial charge in [-0.05, 0) is 25.5 Å². The number of anilines is 1. The number of likely N-dealkylation sites (N-methyl/N-ethyl adjacent to an activating group) is 1. The Bertz CT molecular complexity index is 560. The third kappa shape index (κ3) is 3.85. The summed E-state index contributed by atoms with van der Waals surface area (Å²) in [6.45, 7) is 7.05. The van der Waals surface area contributed by atoms with Crippen LogP contribution in [0.5, 0.6) is 0 Å². The van der Waals surface area contributed by atoms with E-state index in [9.17, 15) is 0 Å². The van der Waals surface area contributed by atoms with Crippen molar-refractivity contribution in [2.24, 2.45) is 7.05 Å². The van der Waals surface area contributed by atoms with Crippen molar-refractivity contribution in [3.63, 3.8) is 0 Å². The molecule has 2 rings (SSSR count). The number of rotatable bonds is 7. The van der Waals surface area contributed by atoms with Crippen molar-refractivity contribution in [3.8, 4) is 0 Å². The molecule has 0 spiro atoms. The second kappa shape index (κ2) is 7.27. The number of hydrogen-bond donors (Lipinski definition) is 1. The fourth-order valence-electron chi connectivity index (χ4n) is 2.67. The maximum absolute atomic E-state index is 4.57. The van der Waals surface area contributed by atoms with Crippen molar-refractivity contribution in [2.45, 2.75) is 26.8 Å². The summed E-state index contributed by atoms with van der Waals surface area (Å²) in [5.74, 6) is 1.21. The van der Waals surface area contributed by atoms with Crippen LogP contribution in [0.25, 0.3) is 0 Å². The van der Waals surface area contributed by atoms with Crippen LogP contribution < -0.4 is 10.2 Å². The van der Waals surface area contributed by atoms with Gasteiger partial charge in [-0.25, -0.2) is 0 Å². The quantitative estimate of drug-likeness (QED) is 0.849. The summed E-state index contributed by atoms with van der Waals surface area (Å²) < 4.78 is 1.99. The van der Waals surface area contributed by atoms with E-state index in [4.69, 9.17) is 0 Å². The average Bonchev–Trinajstić information content (AvgIpc) is 2.77. The zero-order valence-corrected chi connectivity index (χ0v) is 13.6. The SMILES string of the molecule is CCNCc1c(C)nn(C)c1N(C)CCc1ccccc1. The molecule has 1 heterocycles. The average molecular weight is 286 g/mol. The summed E-state index contributed by atoms with van der Waals surface area (Å²) in [4.78, 5) is 2.31. The molecule has 0 amide bonds. The minimum Gasteiger partial charge on any atom is -0.359 e. The van der Waals surface area contributed by atoms with Gasteiger partial charge < -0.3 is 10.2 Å². The highest BCUT2D eigenvalue weighted by Gasteiger charge is 2.16. The van der Waals surface area contributed by atoms with Crippen molar-refractivity contribution in [1.82, 2.24) is 15.1 Å². The highest BCUT2D eigenvalue weighted by atomic mass is 15.4. The number of aryl methyl sites for hydroxylation is 2. The summed E-state index contributed by atoms with van der Waals surface area (Å²) in [5, 5.41) is 7.98. The van der Waals surface area contributed by atoms with Gasteiger partial charge in [-0.3, -0.25) is 4.68 Å². The fourth-order valence-corrected chi connectivity index (χ4v) is 2.67. The van der Waals surface area contributed by atoms with Crippen LogP contribution in [-0.2, 0) is 20.0 Å². The van der Waals surface area contributed by atoms with Crippen LogP contribution in [0.3, 0.4) is 0 Å². The largest absolute Gasteiger partial charge is 0.359 e. The van der Waals surface area contributed by atoms with E-state index in [0.29, 0.717) is 0 Å². The molecule has 1 aromatic heterocycles. The van der Waals surface area contributed by atoms with Gasteiger partial charge in [0.05, 0.1) is 5.69 Å². The molecular formula is C17H26N4. The number of nitrogens with zero attached hydrogens (tertiary/aromatic N) is 3. The minimum atomic E-state index is 0.876. The molecule has 0 atom stereocenters. The molecule has 0 aliphatic carbocycles. The van der Waals surface area contributed by atoms with Gasteiger partial charge in [0.15, 0.2) is 0 Å². The lowest BCUT2D eigenvalue weighted by Crippen LogP contribution is -2.25. The van der Waals surface area contributed by atoms with E-state index in [0.717, 1.165) is 31.7 Å². The lowest BCUT2D eigenvalue weighted by molar-refractivity contribution is 0.707. The van der Waals surface area contributed by atoms with Crippen LogP contribution in [-0.4, -0.2) is 29.9 Å². The van der Waals surface area contributed by atoms with Gasteiger partial charge in [0.1, 0.15) is 5.82 Å². The third-order valence-electron chi connectivity index (χ3n) is 3.81. The van der Waals surface area contributed by atoms with E-state index in [1.807, 2.05) is 11.7 Å².